The minimum absolute atomic E-state index is 0.109. The van der Waals surface area contributed by atoms with Gasteiger partial charge in [0, 0.05) is 5.69 Å². The lowest BCUT2D eigenvalue weighted by Gasteiger charge is -2.12. The van der Waals surface area contributed by atoms with Crippen molar-refractivity contribution in [1.82, 2.24) is 0 Å². The maximum absolute atomic E-state index is 12.3. The van der Waals surface area contributed by atoms with Gasteiger partial charge in [-0.1, -0.05) is 30.3 Å². The minimum Gasteiger partial charge on any atom is -0.481 e. The summed E-state index contributed by atoms with van der Waals surface area (Å²) in [6.07, 6.45) is 0.303. The van der Waals surface area contributed by atoms with Crippen LogP contribution in [0.25, 0.3) is 0 Å². The second-order valence-electron chi connectivity index (χ2n) is 5.78. The summed E-state index contributed by atoms with van der Waals surface area (Å²) in [5.41, 5.74) is 4.50. The van der Waals surface area contributed by atoms with Crippen LogP contribution in [-0.2, 0) is 16.0 Å². The number of carbonyl (C=O) groups is 2. The quantitative estimate of drug-likeness (QED) is 0.885. The maximum atomic E-state index is 12.3. The third-order valence-electron chi connectivity index (χ3n) is 4.02. The topological polar surface area (TPSA) is 66.4 Å². The fourth-order valence-corrected chi connectivity index (χ4v) is 2.52. The number of nitrogens with one attached hydrogen (secondary N) is 1. The zero-order chi connectivity index (χ0) is 17.0. The van der Waals surface area contributed by atoms with E-state index in [1.54, 1.807) is 31.2 Å². The zero-order valence-electron chi connectivity index (χ0n) is 13.6. The number of carbonyl (C=O) groups excluding carboxylic acids is 1. The summed E-state index contributed by atoms with van der Waals surface area (Å²) in [7, 11) is 0. The summed E-state index contributed by atoms with van der Waals surface area (Å²) in [4.78, 5) is 23.3. The Bertz CT molecular complexity index is 717. The molecule has 0 spiro atoms. The minimum atomic E-state index is -0.885. The normalized spacial score (nSPS) is 11.8. The fourth-order valence-electron chi connectivity index (χ4n) is 2.52. The molecular formula is C19H21NO3. The molecule has 0 bridgehead atoms. The summed E-state index contributed by atoms with van der Waals surface area (Å²) in [5, 5.41) is 11.9. The monoisotopic (exact) mass is 311 g/mol. The first-order valence-electron chi connectivity index (χ1n) is 7.56. The molecule has 4 heteroatoms. The van der Waals surface area contributed by atoms with Crippen LogP contribution in [0.15, 0.2) is 42.5 Å². The van der Waals surface area contributed by atoms with Crippen molar-refractivity contribution in [3.8, 4) is 0 Å². The van der Waals surface area contributed by atoms with E-state index in [2.05, 4.69) is 5.32 Å². The SMILES string of the molecule is Cc1cccc(C)c1CC(=O)Nc1cccc(C(C)C(=O)O)c1. The number of aliphatic carboxylic acids is 1. The second-order valence-corrected chi connectivity index (χ2v) is 5.78. The number of carboxylic acids is 1. The van der Waals surface area contributed by atoms with Gasteiger partial charge >= 0.3 is 5.97 Å². The maximum Gasteiger partial charge on any atom is 0.310 e. The molecule has 23 heavy (non-hydrogen) atoms. The van der Waals surface area contributed by atoms with Gasteiger partial charge < -0.3 is 10.4 Å². The van der Waals surface area contributed by atoms with Crippen LogP contribution in [0.5, 0.6) is 0 Å². The molecule has 1 atom stereocenters. The first-order valence-corrected chi connectivity index (χ1v) is 7.56. The Morgan fingerprint density at radius 1 is 1.09 bits per heavy atom. The van der Waals surface area contributed by atoms with Gasteiger partial charge in [0.05, 0.1) is 12.3 Å². The fraction of sp³-hybridized carbons (Fsp3) is 0.263. The van der Waals surface area contributed by atoms with Crippen molar-refractivity contribution >= 4 is 17.6 Å². The van der Waals surface area contributed by atoms with Crippen molar-refractivity contribution in [2.75, 3.05) is 5.32 Å². The molecule has 2 rings (SSSR count). The Morgan fingerprint density at radius 2 is 1.70 bits per heavy atom. The lowest BCUT2D eigenvalue weighted by molar-refractivity contribution is -0.138. The molecule has 0 heterocycles. The van der Waals surface area contributed by atoms with Gasteiger partial charge in [-0.2, -0.15) is 0 Å². The number of aryl methyl sites for hydroxylation is 2. The van der Waals surface area contributed by atoms with Crippen LogP contribution >= 0.6 is 0 Å². The number of anilines is 1. The molecule has 0 radical (unpaired) electrons. The molecule has 1 unspecified atom stereocenters. The van der Waals surface area contributed by atoms with Gasteiger partial charge in [0.15, 0.2) is 0 Å². The van der Waals surface area contributed by atoms with Gasteiger partial charge in [-0.25, -0.2) is 0 Å². The Hall–Kier alpha value is -2.62. The van der Waals surface area contributed by atoms with Gasteiger partial charge in [0.25, 0.3) is 0 Å². The standard InChI is InChI=1S/C19H21NO3/c1-12-6-4-7-13(2)17(12)11-18(21)20-16-9-5-8-15(10-16)14(3)19(22)23/h4-10,14H,11H2,1-3H3,(H,20,21)(H,22,23). The highest BCUT2D eigenvalue weighted by atomic mass is 16.4. The summed E-state index contributed by atoms with van der Waals surface area (Å²) in [5.74, 6) is -1.60. The molecule has 0 saturated carbocycles. The lowest BCUT2D eigenvalue weighted by Crippen LogP contribution is -2.16. The molecular weight excluding hydrogens is 290 g/mol. The first kappa shape index (κ1) is 16.7. The van der Waals surface area contributed by atoms with E-state index >= 15 is 0 Å². The predicted molar refractivity (Wildman–Crippen MR) is 90.7 cm³/mol. The number of hydrogen-bond acceptors (Lipinski definition) is 2. The third kappa shape index (κ3) is 4.19. The smallest absolute Gasteiger partial charge is 0.310 e. The molecule has 4 nitrogen and oxygen atoms in total. The van der Waals surface area contributed by atoms with E-state index in [4.69, 9.17) is 5.11 Å². The van der Waals surface area contributed by atoms with Crippen LogP contribution in [0.1, 0.15) is 35.1 Å². The van der Waals surface area contributed by atoms with Crippen LogP contribution in [0.4, 0.5) is 5.69 Å². The van der Waals surface area contributed by atoms with Gasteiger partial charge in [-0.05, 0) is 55.2 Å². The predicted octanol–water partition coefficient (Wildman–Crippen LogP) is 3.67. The molecule has 2 aromatic rings. The van der Waals surface area contributed by atoms with Gasteiger partial charge in [-0.3, -0.25) is 9.59 Å². The van der Waals surface area contributed by atoms with Crippen LogP contribution in [-0.4, -0.2) is 17.0 Å². The molecule has 1 amide bonds. The Balaban J connectivity index is 2.12. The van der Waals surface area contributed by atoms with Crippen LogP contribution in [0, 0.1) is 13.8 Å². The summed E-state index contributed by atoms with van der Waals surface area (Å²) >= 11 is 0. The molecule has 0 saturated heterocycles. The van der Waals surface area contributed by atoms with Crippen molar-refractivity contribution in [3.05, 3.63) is 64.7 Å². The van der Waals surface area contributed by atoms with Crippen LogP contribution in [0.3, 0.4) is 0 Å². The molecule has 0 fully saturated rings. The molecule has 2 N–H and O–H groups in total. The van der Waals surface area contributed by atoms with E-state index in [0.717, 1.165) is 16.7 Å². The third-order valence-corrected chi connectivity index (χ3v) is 4.02. The number of rotatable bonds is 5. The van der Waals surface area contributed by atoms with Gasteiger partial charge in [-0.15, -0.1) is 0 Å². The van der Waals surface area contributed by atoms with Crippen LogP contribution in [0.2, 0.25) is 0 Å². The number of carboxylic acid groups (broad SMARTS) is 1. The zero-order valence-corrected chi connectivity index (χ0v) is 13.6. The Kier molecular flexibility index (Phi) is 5.16. The van der Waals surface area contributed by atoms with E-state index in [0.29, 0.717) is 17.7 Å². The molecule has 120 valence electrons. The Morgan fingerprint density at radius 3 is 2.30 bits per heavy atom. The van der Waals surface area contributed by atoms with E-state index in [9.17, 15) is 9.59 Å². The van der Waals surface area contributed by atoms with Gasteiger partial charge in [0.2, 0.25) is 5.91 Å². The molecule has 0 aliphatic rings. The molecule has 2 aromatic carbocycles. The summed E-state index contributed by atoms with van der Waals surface area (Å²) in [6.45, 7) is 5.61. The second kappa shape index (κ2) is 7.09. The molecule has 0 aliphatic heterocycles. The average Bonchev–Trinajstić information content (AvgIpc) is 2.50. The first-order chi connectivity index (χ1) is 10.9. The molecule has 0 aromatic heterocycles. The highest BCUT2D eigenvalue weighted by Crippen LogP contribution is 2.20. The van der Waals surface area contributed by atoms with Crippen molar-refractivity contribution in [3.63, 3.8) is 0 Å². The lowest BCUT2D eigenvalue weighted by atomic mass is 9.99. The van der Waals surface area contributed by atoms with Crippen molar-refractivity contribution in [2.24, 2.45) is 0 Å². The number of benzene rings is 2. The highest BCUT2D eigenvalue weighted by Gasteiger charge is 2.14. The molecule has 0 aliphatic carbocycles. The van der Waals surface area contributed by atoms with E-state index in [1.807, 2.05) is 32.0 Å². The summed E-state index contributed by atoms with van der Waals surface area (Å²) in [6, 6.07) is 12.9. The van der Waals surface area contributed by atoms with Crippen molar-refractivity contribution in [2.45, 2.75) is 33.1 Å². The largest absolute Gasteiger partial charge is 0.481 e. The number of amides is 1. The summed E-state index contributed by atoms with van der Waals surface area (Å²) < 4.78 is 0. The van der Waals surface area contributed by atoms with E-state index in [-0.39, 0.29) is 5.91 Å². The highest BCUT2D eigenvalue weighted by molar-refractivity contribution is 5.92. The number of hydrogen-bond donors (Lipinski definition) is 2. The Labute approximate surface area is 136 Å². The van der Waals surface area contributed by atoms with Gasteiger partial charge in [0.1, 0.15) is 0 Å². The van der Waals surface area contributed by atoms with Crippen molar-refractivity contribution < 1.29 is 14.7 Å². The van der Waals surface area contributed by atoms with Crippen molar-refractivity contribution in [1.29, 1.82) is 0 Å². The van der Waals surface area contributed by atoms with E-state index < -0.39 is 11.9 Å². The average molecular weight is 311 g/mol. The van der Waals surface area contributed by atoms with E-state index in [1.165, 1.54) is 0 Å². The van der Waals surface area contributed by atoms with Crippen LogP contribution < -0.4 is 5.32 Å².